The first-order valence-corrected chi connectivity index (χ1v) is 28.6. The zero-order chi connectivity index (χ0) is 51.3. The molecular formula is C61H107NO8. The maximum absolute atomic E-state index is 12.8. The average Bonchev–Trinajstić information content (AvgIpc) is 3.33. The number of likely N-dealkylation sites (N-methyl/N-ethyl adjacent to an activating group) is 1. The van der Waals surface area contributed by atoms with E-state index in [1.54, 1.807) is 0 Å². The van der Waals surface area contributed by atoms with Crippen molar-refractivity contribution in [2.24, 2.45) is 0 Å². The molecule has 0 fully saturated rings. The van der Waals surface area contributed by atoms with Crippen molar-refractivity contribution in [1.82, 2.24) is 0 Å². The molecule has 0 amide bonds. The number of quaternary nitrogens is 1. The number of carbonyl (C=O) groups is 3. The SMILES string of the molecule is CC/C=C\C/C=C\C/C=C\C/C=C\C/C=C\C/C=C\CCCCCCCCCCCCCCCCC(=O)OC(COC(=O)CCCCCCCCCCCCCC)COC(OCC[N+](C)(C)C)C(=O)[O-]. The van der Waals surface area contributed by atoms with Crippen LogP contribution in [0.2, 0.25) is 0 Å². The van der Waals surface area contributed by atoms with Gasteiger partial charge in [0.15, 0.2) is 12.4 Å². The fourth-order valence-electron chi connectivity index (χ4n) is 7.83. The number of carboxylic acids is 1. The van der Waals surface area contributed by atoms with Crippen LogP contribution in [-0.4, -0.2) is 82.3 Å². The Bertz CT molecular complexity index is 1380. The van der Waals surface area contributed by atoms with E-state index in [-0.39, 0.29) is 32.2 Å². The Morgan fingerprint density at radius 3 is 1.21 bits per heavy atom. The third-order valence-corrected chi connectivity index (χ3v) is 12.2. The molecule has 0 saturated carbocycles. The second kappa shape index (κ2) is 52.1. The Morgan fingerprint density at radius 1 is 0.443 bits per heavy atom. The number of unbranched alkanes of at least 4 members (excludes halogenated alkanes) is 25. The van der Waals surface area contributed by atoms with Crippen LogP contribution in [0.4, 0.5) is 0 Å². The largest absolute Gasteiger partial charge is 0.545 e. The van der Waals surface area contributed by atoms with E-state index >= 15 is 0 Å². The molecule has 9 nitrogen and oxygen atoms in total. The molecule has 0 spiro atoms. The minimum atomic E-state index is -1.62. The molecule has 2 atom stereocenters. The Balaban J connectivity index is 4.12. The first-order chi connectivity index (χ1) is 34.1. The van der Waals surface area contributed by atoms with E-state index in [1.807, 2.05) is 21.1 Å². The first-order valence-electron chi connectivity index (χ1n) is 28.6. The highest BCUT2D eigenvalue weighted by Gasteiger charge is 2.22. The number of esters is 2. The van der Waals surface area contributed by atoms with Gasteiger partial charge >= 0.3 is 11.9 Å². The molecule has 9 heteroatoms. The summed E-state index contributed by atoms with van der Waals surface area (Å²) in [5, 5.41) is 11.7. The summed E-state index contributed by atoms with van der Waals surface area (Å²) in [4.78, 5) is 37.2. The van der Waals surface area contributed by atoms with Crippen LogP contribution in [0.5, 0.6) is 0 Å². The predicted octanol–water partition coefficient (Wildman–Crippen LogP) is 15.3. The molecule has 404 valence electrons. The topological polar surface area (TPSA) is 111 Å². The van der Waals surface area contributed by atoms with Gasteiger partial charge in [-0.05, 0) is 64.2 Å². The normalized spacial score (nSPS) is 13.3. The van der Waals surface area contributed by atoms with Gasteiger partial charge in [0.25, 0.3) is 0 Å². The van der Waals surface area contributed by atoms with Crippen molar-refractivity contribution in [3.63, 3.8) is 0 Å². The maximum atomic E-state index is 12.8. The molecule has 70 heavy (non-hydrogen) atoms. The van der Waals surface area contributed by atoms with Crippen molar-refractivity contribution in [2.75, 3.05) is 47.5 Å². The van der Waals surface area contributed by atoms with Gasteiger partial charge in [-0.3, -0.25) is 9.59 Å². The second-order valence-electron chi connectivity index (χ2n) is 20.2. The van der Waals surface area contributed by atoms with E-state index in [1.165, 1.54) is 128 Å². The lowest BCUT2D eigenvalue weighted by Crippen LogP contribution is -2.44. The predicted molar refractivity (Wildman–Crippen MR) is 292 cm³/mol. The van der Waals surface area contributed by atoms with Gasteiger partial charge < -0.3 is 33.3 Å². The summed E-state index contributed by atoms with van der Waals surface area (Å²) < 4.78 is 22.6. The molecule has 0 bridgehead atoms. The third kappa shape index (κ3) is 52.6. The number of ether oxygens (including phenoxy) is 4. The summed E-state index contributed by atoms with van der Waals surface area (Å²) in [7, 11) is 5.92. The lowest BCUT2D eigenvalue weighted by Gasteiger charge is -2.26. The molecule has 0 aliphatic heterocycles. The summed E-state index contributed by atoms with van der Waals surface area (Å²) in [6.45, 7) is 4.64. The van der Waals surface area contributed by atoms with Crippen LogP contribution in [0.25, 0.3) is 0 Å². The number of aliphatic carboxylic acids is 1. The molecule has 0 saturated heterocycles. The molecule has 0 aromatic carbocycles. The minimum Gasteiger partial charge on any atom is -0.545 e. The van der Waals surface area contributed by atoms with E-state index in [4.69, 9.17) is 18.9 Å². The third-order valence-electron chi connectivity index (χ3n) is 12.2. The Morgan fingerprint density at radius 2 is 0.814 bits per heavy atom. The van der Waals surface area contributed by atoms with Crippen molar-refractivity contribution >= 4 is 17.9 Å². The highest BCUT2D eigenvalue weighted by Crippen LogP contribution is 2.16. The van der Waals surface area contributed by atoms with E-state index < -0.39 is 24.3 Å². The van der Waals surface area contributed by atoms with Gasteiger partial charge in [0.05, 0.1) is 40.3 Å². The van der Waals surface area contributed by atoms with Crippen LogP contribution in [0.15, 0.2) is 72.9 Å². The zero-order valence-corrected chi connectivity index (χ0v) is 45.9. The zero-order valence-electron chi connectivity index (χ0n) is 45.9. The van der Waals surface area contributed by atoms with Crippen molar-refractivity contribution in [3.8, 4) is 0 Å². The second-order valence-corrected chi connectivity index (χ2v) is 20.2. The minimum absolute atomic E-state index is 0.147. The molecule has 0 aliphatic rings. The highest BCUT2D eigenvalue weighted by atomic mass is 16.7. The number of carboxylic acid groups (broad SMARTS) is 1. The van der Waals surface area contributed by atoms with Crippen LogP contribution in [-0.2, 0) is 33.3 Å². The molecule has 2 unspecified atom stereocenters. The van der Waals surface area contributed by atoms with Crippen LogP contribution in [0, 0.1) is 0 Å². The molecular weight excluding hydrogens is 875 g/mol. The van der Waals surface area contributed by atoms with E-state index in [0.717, 1.165) is 77.0 Å². The van der Waals surface area contributed by atoms with Crippen LogP contribution >= 0.6 is 0 Å². The molecule has 0 aromatic heterocycles. The molecule has 0 radical (unpaired) electrons. The number of nitrogens with zero attached hydrogens (tertiary/aromatic N) is 1. The van der Waals surface area contributed by atoms with Gasteiger partial charge in [0, 0.05) is 12.8 Å². The summed E-state index contributed by atoms with van der Waals surface area (Å²) >= 11 is 0. The Hall–Kier alpha value is -3.27. The van der Waals surface area contributed by atoms with Gasteiger partial charge in [0.1, 0.15) is 13.2 Å². The first kappa shape index (κ1) is 66.7. The highest BCUT2D eigenvalue weighted by molar-refractivity contribution is 5.70. The number of carbonyl (C=O) groups excluding carboxylic acids is 3. The average molecular weight is 983 g/mol. The number of hydrogen-bond acceptors (Lipinski definition) is 8. The van der Waals surface area contributed by atoms with Crippen LogP contribution < -0.4 is 5.11 Å². The molecule has 0 heterocycles. The monoisotopic (exact) mass is 982 g/mol. The smallest absolute Gasteiger partial charge is 0.306 e. The Labute approximate surface area is 430 Å². The molecule has 0 rings (SSSR count). The summed E-state index contributed by atoms with van der Waals surface area (Å²) in [6.07, 6.45) is 63.8. The standard InChI is InChI=1S/C61H107NO8/c1-6-8-10-12-14-16-18-20-21-22-23-24-25-26-27-28-29-30-31-32-33-34-35-36-37-38-39-40-42-44-46-48-50-52-59(64)70-57(56-69-61(60(65)66)67-54-53-62(3,4)5)55-68-58(63)51-49-47-45-43-41-19-17-15-13-11-9-7-2/h8,10,14,16,20-21,23-24,26-27,29-30,57,61H,6-7,9,11-13,15,17-19,22,25,28,31-56H2,1-5H3/b10-8-,16-14-,21-20-,24-23-,27-26-,30-29-. The Kier molecular flexibility index (Phi) is 49.6. The van der Waals surface area contributed by atoms with Gasteiger partial charge in [-0.1, -0.05) is 234 Å². The summed E-state index contributed by atoms with van der Waals surface area (Å²) in [6, 6.07) is 0. The van der Waals surface area contributed by atoms with Gasteiger partial charge in [-0.15, -0.1) is 0 Å². The van der Waals surface area contributed by atoms with Crippen molar-refractivity contribution in [2.45, 2.75) is 251 Å². The van der Waals surface area contributed by atoms with E-state index in [9.17, 15) is 19.5 Å². The number of rotatable bonds is 52. The van der Waals surface area contributed by atoms with Crippen molar-refractivity contribution in [3.05, 3.63) is 72.9 Å². The quantitative estimate of drug-likeness (QED) is 0.0195. The van der Waals surface area contributed by atoms with E-state index in [0.29, 0.717) is 23.9 Å². The lowest BCUT2D eigenvalue weighted by molar-refractivity contribution is -0.870. The number of allylic oxidation sites excluding steroid dienone is 12. The van der Waals surface area contributed by atoms with Crippen molar-refractivity contribution < 1.29 is 42.9 Å². The van der Waals surface area contributed by atoms with Crippen LogP contribution in [0.1, 0.15) is 239 Å². The van der Waals surface area contributed by atoms with Crippen molar-refractivity contribution in [1.29, 1.82) is 0 Å². The lowest BCUT2D eigenvalue weighted by atomic mass is 10.0. The molecule has 0 aliphatic carbocycles. The molecule has 0 N–H and O–H groups in total. The number of hydrogen-bond donors (Lipinski definition) is 0. The summed E-state index contributed by atoms with van der Waals surface area (Å²) in [5.41, 5.74) is 0. The van der Waals surface area contributed by atoms with Crippen LogP contribution in [0.3, 0.4) is 0 Å². The summed E-state index contributed by atoms with van der Waals surface area (Å²) in [5.74, 6) is -2.28. The maximum Gasteiger partial charge on any atom is 0.306 e. The fraction of sp³-hybridized carbons (Fsp3) is 0.754. The fourth-order valence-corrected chi connectivity index (χ4v) is 7.83. The van der Waals surface area contributed by atoms with E-state index in [2.05, 4.69) is 86.8 Å². The molecule has 0 aromatic rings. The van der Waals surface area contributed by atoms with Gasteiger partial charge in [-0.25, -0.2) is 0 Å². The van der Waals surface area contributed by atoms with Gasteiger partial charge in [-0.2, -0.15) is 0 Å². The van der Waals surface area contributed by atoms with Gasteiger partial charge in [0.2, 0.25) is 0 Å².